The number of piperidine rings is 1. The second-order valence-electron chi connectivity index (χ2n) is 10.1. The second kappa shape index (κ2) is 10.5. The largest absolute Gasteiger partial charge is 0.444 e. The van der Waals surface area contributed by atoms with E-state index in [1.165, 1.54) is 0 Å². The number of aliphatic hydroxyl groups excluding tert-OH is 1. The van der Waals surface area contributed by atoms with E-state index in [1.807, 2.05) is 20.8 Å². The van der Waals surface area contributed by atoms with Crippen molar-refractivity contribution in [3.05, 3.63) is 35.7 Å². The van der Waals surface area contributed by atoms with Gasteiger partial charge in [0.15, 0.2) is 5.82 Å². The summed E-state index contributed by atoms with van der Waals surface area (Å²) >= 11 is 0. The van der Waals surface area contributed by atoms with E-state index >= 15 is 0 Å². The summed E-state index contributed by atoms with van der Waals surface area (Å²) in [6.07, 6.45) is 1.12. The third-order valence-corrected chi connectivity index (χ3v) is 5.25. The van der Waals surface area contributed by atoms with E-state index in [0.717, 1.165) is 0 Å². The monoisotopic (exact) mass is 474 g/mol. The molecule has 10 nitrogen and oxygen atoms in total. The summed E-state index contributed by atoms with van der Waals surface area (Å²) in [7, 11) is 0. The molecule has 1 aromatic carbocycles. The third kappa shape index (κ3) is 7.26. The van der Waals surface area contributed by atoms with Crippen LogP contribution in [-0.4, -0.2) is 69.1 Å². The fourth-order valence-electron chi connectivity index (χ4n) is 3.34. The first-order valence-electron chi connectivity index (χ1n) is 11.4. The zero-order valence-electron chi connectivity index (χ0n) is 20.5. The number of nitrogens with one attached hydrogen (secondary N) is 1. The lowest BCUT2D eigenvalue weighted by molar-refractivity contribution is -0.0190. The molecule has 1 saturated heterocycles. The summed E-state index contributed by atoms with van der Waals surface area (Å²) in [6, 6.07) is 6.78. The van der Waals surface area contributed by atoms with Crippen molar-refractivity contribution in [3.8, 4) is 11.5 Å². The molecule has 0 saturated carbocycles. The smallest absolute Gasteiger partial charge is 0.410 e. The Labute approximate surface area is 199 Å². The van der Waals surface area contributed by atoms with Crippen LogP contribution in [0.2, 0.25) is 0 Å². The summed E-state index contributed by atoms with van der Waals surface area (Å²) in [5.74, 6) is 0.486. The van der Waals surface area contributed by atoms with Gasteiger partial charge in [0.05, 0.1) is 18.2 Å². The van der Waals surface area contributed by atoms with Crippen molar-refractivity contribution < 1.29 is 28.7 Å². The number of rotatable bonds is 7. The van der Waals surface area contributed by atoms with Gasteiger partial charge in [-0.3, -0.25) is 4.79 Å². The molecule has 0 radical (unpaired) electrons. The minimum absolute atomic E-state index is 0.00149. The van der Waals surface area contributed by atoms with Gasteiger partial charge in [-0.2, -0.15) is 4.98 Å². The van der Waals surface area contributed by atoms with Gasteiger partial charge in [-0.1, -0.05) is 5.16 Å². The summed E-state index contributed by atoms with van der Waals surface area (Å²) < 4.78 is 16.7. The number of hydrogen-bond donors (Lipinski definition) is 2. The molecule has 0 atom stereocenters. The van der Waals surface area contributed by atoms with Gasteiger partial charge in [-0.05, 0) is 71.7 Å². The summed E-state index contributed by atoms with van der Waals surface area (Å²) in [5.41, 5.74) is -0.0677. The van der Waals surface area contributed by atoms with Crippen LogP contribution in [0.15, 0.2) is 28.8 Å². The first kappa shape index (κ1) is 25.6. The van der Waals surface area contributed by atoms with Gasteiger partial charge in [0.25, 0.3) is 11.8 Å². The van der Waals surface area contributed by atoms with Gasteiger partial charge >= 0.3 is 6.09 Å². The molecule has 2 amide bonds. The fraction of sp³-hybridized carbons (Fsp3) is 0.583. The van der Waals surface area contributed by atoms with Crippen LogP contribution < -0.4 is 5.32 Å². The number of nitrogens with zero attached hydrogens (tertiary/aromatic N) is 3. The Morgan fingerprint density at radius 2 is 1.79 bits per heavy atom. The van der Waals surface area contributed by atoms with Crippen molar-refractivity contribution in [1.82, 2.24) is 20.4 Å². The first-order chi connectivity index (χ1) is 16.0. The number of hydrogen-bond acceptors (Lipinski definition) is 8. The minimum Gasteiger partial charge on any atom is -0.444 e. The SMILES string of the molecule is CC(C)(CO)NC(=O)c1ccc(-c2nc(COC3CCN(C(=O)OC(C)(C)C)CC3)no2)cc1. The molecular formula is C24H34N4O6. The minimum atomic E-state index is -0.705. The number of ether oxygens (including phenoxy) is 2. The Morgan fingerprint density at radius 1 is 1.15 bits per heavy atom. The molecule has 186 valence electrons. The number of aromatic nitrogens is 2. The number of likely N-dealkylation sites (tertiary alicyclic amines) is 1. The van der Waals surface area contributed by atoms with Crippen LogP contribution in [0, 0.1) is 0 Å². The molecule has 0 unspecified atom stereocenters. The number of aliphatic hydroxyl groups is 1. The van der Waals surface area contributed by atoms with Gasteiger partial charge in [0.1, 0.15) is 12.2 Å². The summed E-state index contributed by atoms with van der Waals surface area (Å²) in [5, 5.41) is 16.1. The zero-order chi connectivity index (χ0) is 24.9. The van der Waals surface area contributed by atoms with Gasteiger partial charge in [0.2, 0.25) is 0 Å². The van der Waals surface area contributed by atoms with Crippen molar-refractivity contribution in [1.29, 1.82) is 0 Å². The van der Waals surface area contributed by atoms with Crippen LogP contribution >= 0.6 is 0 Å². The van der Waals surface area contributed by atoms with E-state index in [9.17, 15) is 14.7 Å². The molecule has 0 bridgehead atoms. The predicted octanol–water partition coefficient (Wildman–Crippen LogP) is 3.15. The Balaban J connectivity index is 1.48. The highest BCUT2D eigenvalue weighted by atomic mass is 16.6. The maximum Gasteiger partial charge on any atom is 0.410 e. The first-order valence-corrected chi connectivity index (χ1v) is 11.4. The summed E-state index contributed by atoms with van der Waals surface area (Å²) in [4.78, 5) is 30.6. The fourth-order valence-corrected chi connectivity index (χ4v) is 3.34. The van der Waals surface area contributed by atoms with E-state index in [4.69, 9.17) is 14.0 Å². The summed E-state index contributed by atoms with van der Waals surface area (Å²) in [6.45, 7) is 10.2. The average Bonchev–Trinajstić information content (AvgIpc) is 3.26. The number of carbonyl (C=O) groups excluding carboxylic acids is 2. The molecule has 34 heavy (non-hydrogen) atoms. The zero-order valence-corrected chi connectivity index (χ0v) is 20.5. The number of carbonyl (C=O) groups is 2. The van der Waals surface area contributed by atoms with Gasteiger partial charge in [-0.15, -0.1) is 0 Å². The highest BCUT2D eigenvalue weighted by Crippen LogP contribution is 2.21. The highest BCUT2D eigenvalue weighted by molar-refractivity contribution is 5.95. The molecule has 2 N–H and O–H groups in total. The molecule has 1 aliphatic rings. The van der Waals surface area contributed by atoms with Crippen molar-refractivity contribution >= 4 is 12.0 Å². The van der Waals surface area contributed by atoms with E-state index in [1.54, 1.807) is 43.0 Å². The molecule has 2 heterocycles. The molecular weight excluding hydrogens is 440 g/mol. The van der Waals surface area contributed by atoms with Crippen LogP contribution in [0.25, 0.3) is 11.5 Å². The molecule has 1 fully saturated rings. The van der Waals surface area contributed by atoms with Crippen LogP contribution in [0.4, 0.5) is 4.79 Å². The lowest BCUT2D eigenvalue weighted by Crippen LogP contribution is -2.46. The van der Waals surface area contributed by atoms with E-state index in [-0.39, 0.29) is 31.3 Å². The maximum absolute atomic E-state index is 12.3. The Morgan fingerprint density at radius 3 is 2.38 bits per heavy atom. The third-order valence-electron chi connectivity index (χ3n) is 5.25. The average molecular weight is 475 g/mol. The molecule has 0 aliphatic carbocycles. The van der Waals surface area contributed by atoms with Crippen molar-refractivity contribution in [2.75, 3.05) is 19.7 Å². The Bertz CT molecular complexity index is 972. The van der Waals surface area contributed by atoms with Gasteiger partial charge in [-0.25, -0.2) is 4.79 Å². The Kier molecular flexibility index (Phi) is 7.93. The normalized spacial score (nSPS) is 15.3. The van der Waals surface area contributed by atoms with E-state index in [2.05, 4.69) is 15.5 Å². The Hall–Kier alpha value is -2.98. The maximum atomic E-state index is 12.3. The number of amides is 2. The van der Waals surface area contributed by atoms with Crippen molar-refractivity contribution in [2.45, 2.75) is 71.3 Å². The molecule has 10 heteroatoms. The van der Waals surface area contributed by atoms with Crippen LogP contribution in [0.1, 0.15) is 63.6 Å². The van der Waals surface area contributed by atoms with E-state index < -0.39 is 11.1 Å². The molecule has 1 aliphatic heterocycles. The highest BCUT2D eigenvalue weighted by Gasteiger charge is 2.27. The topological polar surface area (TPSA) is 127 Å². The standard InChI is InChI=1S/C24H34N4O6/c1-23(2,3)33-22(31)28-12-10-18(11-13-28)32-14-19-25-21(34-27-19)17-8-6-16(7-9-17)20(30)26-24(4,5)15-29/h6-9,18,29H,10-15H2,1-5H3,(H,26,30). The second-order valence-corrected chi connectivity index (χ2v) is 10.1. The molecule has 2 aromatic rings. The lowest BCUT2D eigenvalue weighted by Gasteiger charge is -2.33. The lowest BCUT2D eigenvalue weighted by atomic mass is 10.1. The van der Waals surface area contributed by atoms with Gasteiger partial charge < -0.3 is 29.3 Å². The predicted molar refractivity (Wildman–Crippen MR) is 124 cm³/mol. The van der Waals surface area contributed by atoms with Crippen molar-refractivity contribution in [3.63, 3.8) is 0 Å². The number of benzene rings is 1. The molecule has 3 rings (SSSR count). The van der Waals surface area contributed by atoms with Crippen LogP contribution in [0.3, 0.4) is 0 Å². The van der Waals surface area contributed by atoms with Crippen LogP contribution in [0.5, 0.6) is 0 Å². The molecule has 1 aromatic heterocycles. The van der Waals surface area contributed by atoms with Gasteiger partial charge in [0, 0.05) is 24.2 Å². The molecule has 0 spiro atoms. The quantitative estimate of drug-likeness (QED) is 0.627. The van der Waals surface area contributed by atoms with Crippen molar-refractivity contribution in [2.24, 2.45) is 0 Å². The van der Waals surface area contributed by atoms with Crippen LogP contribution in [-0.2, 0) is 16.1 Å². The van der Waals surface area contributed by atoms with E-state index in [0.29, 0.717) is 48.8 Å².